The molecule has 9 rings (SSSR count). The second-order valence-electron chi connectivity index (χ2n) is 24.8. The summed E-state index contributed by atoms with van der Waals surface area (Å²) < 4.78 is 326. The van der Waals surface area contributed by atoms with Crippen LogP contribution in [0.3, 0.4) is 0 Å². The van der Waals surface area contributed by atoms with E-state index in [1.807, 2.05) is 30.3 Å². The smallest absolute Gasteiger partial charge is 0.412 e. The molecular weight excluding hydrogens is 1570 g/mol. The van der Waals surface area contributed by atoms with Crippen molar-refractivity contribution in [2.24, 2.45) is 11.5 Å². The SMILES string of the molecule is CC(C)(C)OC(=O)Nc1c(F)c(F)c(F)c(F)c1C(=O)O.CC(C)(C)OC(=O)Nc1c(F)c(F)c(F)c(F)c1C(N)=O.CC(C)(C)OC(=O)Nc1cc(F)c(F)c(F)c1F.NC(=O)c1c(N)c(F)c(F)c(F)c1F.Nc1cc(F)c(F)c(F)c1F.O=C1NC(c2ccc(-c3ccccc3)cc2)Nc2c(F)c(F)c(F)c(F)c21. The minimum Gasteiger partial charge on any atom is -0.478 e. The van der Waals surface area contributed by atoms with E-state index in [2.05, 4.69) is 16.4 Å². The monoisotopic (exact) mass is 1630 g/mol. The fraction of sp³-hybridized carbons (Fsp3) is 0.191. The van der Waals surface area contributed by atoms with Gasteiger partial charge >= 0.3 is 24.2 Å². The second-order valence-corrected chi connectivity index (χ2v) is 24.8. The molecule has 44 heteroatoms. The number of carboxylic acids is 1. The van der Waals surface area contributed by atoms with Gasteiger partial charge in [-0.25, -0.2) is 125 Å². The normalized spacial score (nSPS) is 12.1. The lowest BCUT2D eigenvalue weighted by atomic mass is 10.0. The Labute approximate surface area is 613 Å². The van der Waals surface area contributed by atoms with Crippen LogP contribution in [0.15, 0.2) is 66.7 Å². The van der Waals surface area contributed by atoms with Crippen molar-refractivity contribution in [3.63, 3.8) is 0 Å². The Morgan fingerprint density at radius 3 is 1.16 bits per heavy atom. The third-order valence-corrected chi connectivity index (χ3v) is 13.1. The predicted molar refractivity (Wildman–Crippen MR) is 346 cm³/mol. The van der Waals surface area contributed by atoms with E-state index >= 15 is 0 Å². The zero-order chi connectivity index (χ0) is 85.9. The van der Waals surface area contributed by atoms with Crippen molar-refractivity contribution < 1.29 is 158 Å². The molecule has 0 saturated heterocycles. The molecule has 1 aliphatic heterocycles. The molecule has 14 N–H and O–H groups in total. The number of primary amides is 2. The van der Waals surface area contributed by atoms with Gasteiger partial charge in [-0.1, -0.05) is 54.6 Å². The van der Waals surface area contributed by atoms with Crippen LogP contribution in [0.5, 0.6) is 0 Å². The number of hydrogen-bond donors (Lipinski definition) is 10. The molecule has 8 aromatic rings. The summed E-state index contributed by atoms with van der Waals surface area (Å²) >= 11 is 0. The van der Waals surface area contributed by atoms with Gasteiger partial charge in [-0.3, -0.25) is 30.3 Å². The number of ether oxygens (including phenoxy) is 3. The van der Waals surface area contributed by atoms with Crippen LogP contribution in [0.4, 0.5) is 154 Å². The predicted octanol–water partition coefficient (Wildman–Crippen LogP) is 17.1. The number of carboxylic acid groups (broad SMARTS) is 1. The first-order valence-electron chi connectivity index (χ1n) is 30.1. The van der Waals surface area contributed by atoms with Crippen LogP contribution in [0.25, 0.3) is 11.1 Å². The van der Waals surface area contributed by atoms with E-state index in [-0.39, 0.29) is 0 Å². The number of aromatic carboxylic acids is 1. The number of rotatable bonds is 8. The molecule has 20 nitrogen and oxygen atoms in total. The highest BCUT2D eigenvalue weighted by Gasteiger charge is 2.37. The van der Waals surface area contributed by atoms with Crippen molar-refractivity contribution in [3.8, 4) is 11.1 Å². The zero-order valence-corrected chi connectivity index (χ0v) is 57.8. The van der Waals surface area contributed by atoms with Crippen LogP contribution in [0, 0.1) is 140 Å². The van der Waals surface area contributed by atoms with Crippen molar-refractivity contribution in [2.75, 3.05) is 32.7 Å². The number of halogens is 24. The first-order valence-corrected chi connectivity index (χ1v) is 30.1. The molecule has 604 valence electrons. The van der Waals surface area contributed by atoms with Crippen LogP contribution in [-0.2, 0) is 14.2 Å². The van der Waals surface area contributed by atoms with Gasteiger partial charge in [0.05, 0.1) is 28.4 Å². The molecule has 1 heterocycles. The van der Waals surface area contributed by atoms with Crippen LogP contribution in [0.2, 0.25) is 0 Å². The van der Waals surface area contributed by atoms with E-state index in [9.17, 15) is 139 Å². The molecule has 0 aliphatic carbocycles. The Kier molecular flexibility index (Phi) is 29.9. The number of anilines is 6. The third-order valence-electron chi connectivity index (χ3n) is 13.1. The first kappa shape index (κ1) is 91.6. The van der Waals surface area contributed by atoms with E-state index in [0.717, 1.165) is 11.1 Å². The van der Waals surface area contributed by atoms with Gasteiger partial charge in [-0.15, -0.1) is 0 Å². The van der Waals surface area contributed by atoms with E-state index in [4.69, 9.17) is 36.5 Å². The summed E-state index contributed by atoms with van der Waals surface area (Å²) in [6.07, 6.45) is -4.68. The topological polar surface area (TPSA) is 332 Å². The van der Waals surface area contributed by atoms with E-state index in [1.165, 1.54) is 41.5 Å². The zero-order valence-electron chi connectivity index (χ0n) is 57.8. The van der Waals surface area contributed by atoms with Gasteiger partial charge in [0.15, 0.2) is 140 Å². The average molecular weight is 1630 g/mol. The molecule has 0 aromatic heterocycles. The summed E-state index contributed by atoms with van der Waals surface area (Å²) in [5, 5.41) is 18.7. The maximum absolute atomic E-state index is 14.0. The highest BCUT2D eigenvalue weighted by molar-refractivity contribution is 6.04. The van der Waals surface area contributed by atoms with Crippen LogP contribution in [-0.4, -0.2) is 63.9 Å². The van der Waals surface area contributed by atoms with Gasteiger partial charge in [0.1, 0.15) is 50.9 Å². The highest BCUT2D eigenvalue weighted by atomic mass is 19.2. The number of nitrogen functional groups attached to an aromatic ring is 2. The second kappa shape index (κ2) is 36.6. The van der Waals surface area contributed by atoms with Crippen LogP contribution in [0.1, 0.15) is 115 Å². The third kappa shape index (κ3) is 22.4. The van der Waals surface area contributed by atoms with Crippen molar-refractivity contribution in [2.45, 2.75) is 85.3 Å². The lowest BCUT2D eigenvalue weighted by molar-refractivity contribution is 0.0622. The molecule has 0 radical (unpaired) electrons. The number of amides is 6. The van der Waals surface area contributed by atoms with Gasteiger partial charge in [0.2, 0.25) is 0 Å². The maximum Gasteiger partial charge on any atom is 0.412 e. The summed E-state index contributed by atoms with van der Waals surface area (Å²) in [7, 11) is 0. The first-order chi connectivity index (χ1) is 51.4. The Balaban J connectivity index is 0.000000289. The molecule has 1 unspecified atom stereocenters. The largest absolute Gasteiger partial charge is 0.478 e. The molecule has 0 saturated carbocycles. The minimum absolute atomic E-state index is 0.331. The van der Waals surface area contributed by atoms with Gasteiger partial charge in [0.25, 0.3) is 17.7 Å². The lowest BCUT2D eigenvalue weighted by Gasteiger charge is -2.29. The number of nitrogens with one attached hydrogen (secondary N) is 5. The molecule has 112 heavy (non-hydrogen) atoms. The Morgan fingerprint density at radius 2 is 0.732 bits per heavy atom. The molecular formula is C68H53F24N9O11. The summed E-state index contributed by atoms with van der Waals surface area (Å²) in [6.45, 7) is 13.4. The Morgan fingerprint density at radius 1 is 0.384 bits per heavy atom. The number of nitrogens with two attached hydrogens (primary N) is 4. The molecule has 0 bridgehead atoms. The van der Waals surface area contributed by atoms with E-state index in [1.54, 1.807) is 61.0 Å². The Bertz CT molecular complexity index is 4850. The molecule has 1 aliphatic rings. The summed E-state index contributed by atoms with van der Waals surface area (Å²) in [5.74, 6) is -52.6. The summed E-state index contributed by atoms with van der Waals surface area (Å²) in [6, 6.07) is 17.3. The van der Waals surface area contributed by atoms with E-state index < -0.39 is 261 Å². The summed E-state index contributed by atoms with van der Waals surface area (Å²) in [4.78, 5) is 78.7. The molecule has 0 fully saturated rings. The fourth-order valence-electron chi connectivity index (χ4n) is 8.33. The summed E-state index contributed by atoms with van der Waals surface area (Å²) in [5.41, 5.74) is 7.58. The average Bonchev–Trinajstić information content (AvgIpc) is 0.833. The molecule has 8 aromatic carbocycles. The van der Waals surface area contributed by atoms with Crippen molar-refractivity contribution >= 4 is 76.1 Å². The molecule has 0 spiro atoms. The molecule has 6 amide bonds. The number of hydrogen-bond acceptors (Lipinski definition) is 13. The van der Waals surface area contributed by atoms with Gasteiger partial charge < -0.3 is 52.9 Å². The standard InChI is InChI=1S/C20H12F4N2O.C12H12F4N2O3.C12H11F4NO4.C11H11F4NO2.C7H4F4N2O.C6H3F4N/c21-14-13-18(17(24)16(23)15(14)22)25-19(26-20(13)27)12-8-6-11(7-9-12)10-4-2-1-3-5-10;1-12(2,3)21-11(20)18-9-4(10(17)19)5(13)6(14)7(15)8(9)16;1-12(2,3)21-11(20)17-9-4(10(18)19)5(13)6(14)7(15)8(9)16;1-11(2,3)18-10(17)16-6-4-5(12)7(13)9(15)8(6)14;8-2-1(7(13)14)6(12)5(11)4(10)3(2)9;7-2-1-3(11)5(9)6(10)4(2)8/h1-9,19,25H,(H,26,27);1-3H3,(H2,17,19)(H,18,20);1-3H3,(H,17,20)(H,18,19);4H,1-3H3,(H,16,17);12H2,(H2,13,14);1H,11H2. The minimum atomic E-state index is -2.29. The van der Waals surface area contributed by atoms with Crippen LogP contribution >= 0.6 is 0 Å². The van der Waals surface area contributed by atoms with Crippen LogP contribution < -0.4 is 49.5 Å². The number of carbonyl (C=O) groups excluding carboxylic acids is 6. The van der Waals surface area contributed by atoms with Gasteiger partial charge in [-0.05, 0) is 79.0 Å². The maximum atomic E-state index is 14.0. The number of fused-ring (bicyclic) bond motifs is 1. The lowest BCUT2D eigenvalue weighted by Crippen LogP contribution is -2.40. The van der Waals surface area contributed by atoms with Gasteiger partial charge in [-0.2, -0.15) is 0 Å². The Hall–Kier alpha value is -12.8. The quantitative estimate of drug-likeness (QED) is 0.0222. The van der Waals surface area contributed by atoms with E-state index in [0.29, 0.717) is 17.7 Å². The number of carbonyl (C=O) groups is 7. The fourth-order valence-corrected chi connectivity index (χ4v) is 8.33. The van der Waals surface area contributed by atoms with Crippen molar-refractivity contribution in [1.29, 1.82) is 0 Å². The molecule has 1 atom stereocenters. The van der Waals surface area contributed by atoms with Crippen molar-refractivity contribution in [3.05, 3.63) is 234 Å². The van der Waals surface area contributed by atoms with Gasteiger partial charge in [0, 0.05) is 12.1 Å². The highest BCUT2D eigenvalue weighted by Crippen LogP contribution is 2.37. The van der Waals surface area contributed by atoms with Crippen molar-refractivity contribution in [1.82, 2.24) is 5.32 Å². The number of benzene rings is 8.